The van der Waals surface area contributed by atoms with E-state index in [1.807, 2.05) is 0 Å². The van der Waals surface area contributed by atoms with Crippen LogP contribution in [0.3, 0.4) is 0 Å². The Balaban J connectivity index is 1.78. The molecule has 0 aliphatic carbocycles. The SMILES string of the molecule is O=C(Nc1ccc(S(=O)(=O)C(F)F)cc1)c1cccc(S(=O)(=O)N2CCCC2)c1. The molecule has 1 aliphatic heterocycles. The van der Waals surface area contributed by atoms with Crippen molar-refractivity contribution in [2.45, 2.75) is 28.4 Å². The van der Waals surface area contributed by atoms with Gasteiger partial charge in [-0.05, 0) is 55.3 Å². The zero-order valence-electron chi connectivity index (χ0n) is 15.1. The van der Waals surface area contributed by atoms with Gasteiger partial charge in [-0.25, -0.2) is 16.8 Å². The third-order valence-electron chi connectivity index (χ3n) is 4.47. The second kappa shape index (κ2) is 8.17. The first-order chi connectivity index (χ1) is 13.6. The second-order valence-corrected chi connectivity index (χ2v) is 10.3. The predicted octanol–water partition coefficient (Wildman–Crippen LogP) is 2.72. The topological polar surface area (TPSA) is 101 Å². The Bertz CT molecular complexity index is 1110. The van der Waals surface area contributed by atoms with Crippen LogP contribution in [0.5, 0.6) is 0 Å². The first-order valence-corrected chi connectivity index (χ1v) is 11.6. The molecule has 1 heterocycles. The number of amides is 1. The molecule has 1 N–H and O–H groups in total. The maximum atomic E-state index is 12.6. The van der Waals surface area contributed by atoms with E-state index in [0.717, 1.165) is 25.0 Å². The Labute approximate surface area is 167 Å². The quantitative estimate of drug-likeness (QED) is 0.738. The van der Waals surface area contributed by atoms with Crippen LogP contribution in [0.25, 0.3) is 0 Å². The van der Waals surface area contributed by atoms with Gasteiger partial charge in [0, 0.05) is 24.3 Å². The van der Waals surface area contributed by atoms with E-state index >= 15 is 0 Å². The largest absolute Gasteiger partial charge is 0.341 e. The van der Waals surface area contributed by atoms with Gasteiger partial charge in [0.15, 0.2) is 0 Å². The molecule has 1 amide bonds. The van der Waals surface area contributed by atoms with Crippen molar-refractivity contribution in [1.82, 2.24) is 4.31 Å². The Morgan fingerprint density at radius 2 is 1.55 bits per heavy atom. The highest BCUT2D eigenvalue weighted by Gasteiger charge is 2.28. The lowest BCUT2D eigenvalue weighted by Gasteiger charge is -2.16. The summed E-state index contributed by atoms with van der Waals surface area (Å²) in [4.78, 5) is 11.9. The number of nitrogens with one attached hydrogen (secondary N) is 1. The summed E-state index contributed by atoms with van der Waals surface area (Å²) in [6.07, 6.45) is 1.58. The van der Waals surface area contributed by atoms with Crippen LogP contribution in [-0.4, -0.2) is 45.9 Å². The van der Waals surface area contributed by atoms with Crippen LogP contribution in [0, 0.1) is 0 Å². The maximum absolute atomic E-state index is 12.6. The van der Waals surface area contributed by atoms with E-state index in [2.05, 4.69) is 5.32 Å². The number of hydrogen-bond donors (Lipinski definition) is 1. The van der Waals surface area contributed by atoms with Gasteiger partial charge < -0.3 is 5.32 Å². The second-order valence-electron chi connectivity index (χ2n) is 6.42. The summed E-state index contributed by atoms with van der Waals surface area (Å²) in [5.41, 5.74) is 0.269. The van der Waals surface area contributed by atoms with Crippen molar-refractivity contribution < 1.29 is 30.4 Å². The van der Waals surface area contributed by atoms with Crippen molar-refractivity contribution in [2.75, 3.05) is 18.4 Å². The van der Waals surface area contributed by atoms with Crippen LogP contribution in [0.4, 0.5) is 14.5 Å². The lowest BCUT2D eigenvalue weighted by Crippen LogP contribution is -2.28. The van der Waals surface area contributed by atoms with E-state index in [1.165, 1.54) is 40.7 Å². The molecule has 7 nitrogen and oxygen atoms in total. The van der Waals surface area contributed by atoms with Gasteiger partial charge in [0.2, 0.25) is 19.9 Å². The van der Waals surface area contributed by atoms with Crippen LogP contribution in [0.1, 0.15) is 23.2 Å². The van der Waals surface area contributed by atoms with E-state index in [9.17, 15) is 30.4 Å². The minimum Gasteiger partial charge on any atom is -0.322 e. The van der Waals surface area contributed by atoms with Gasteiger partial charge in [-0.15, -0.1) is 0 Å². The third-order valence-corrected chi connectivity index (χ3v) is 7.77. The van der Waals surface area contributed by atoms with Crippen molar-refractivity contribution in [3.05, 3.63) is 54.1 Å². The number of alkyl halides is 2. The highest BCUT2D eigenvalue weighted by Crippen LogP contribution is 2.23. The molecule has 0 spiro atoms. The molecule has 1 fully saturated rings. The number of sulfone groups is 1. The van der Waals surface area contributed by atoms with Gasteiger partial charge in [0.25, 0.3) is 5.91 Å². The number of carbonyl (C=O) groups is 1. The molecule has 0 unspecified atom stereocenters. The number of hydrogen-bond acceptors (Lipinski definition) is 5. The molecule has 0 saturated carbocycles. The summed E-state index contributed by atoms with van der Waals surface area (Å²) in [6, 6.07) is 9.85. The summed E-state index contributed by atoms with van der Waals surface area (Å²) < 4.78 is 74.6. The number of halogens is 2. The summed E-state index contributed by atoms with van der Waals surface area (Å²) >= 11 is 0. The van der Waals surface area contributed by atoms with E-state index in [0.29, 0.717) is 13.1 Å². The average molecular weight is 444 g/mol. The standard InChI is InChI=1S/C18H18F2N2O5S2/c19-18(20)28(24,25)15-8-6-14(7-9-15)21-17(23)13-4-3-5-16(12-13)29(26,27)22-10-1-2-11-22/h3-9,12,18H,1-2,10-11H2,(H,21,23). The first kappa shape index (κ1) is 21.3. The van der Waals surface area contributed by atoms with Gasteiger partial charge in [0.1, 0.15) is 0 Å². The van der Waals surface area contributed by atoms with Gasteiger partial charge in [0.05, 0.1) is 9.79 Å². The Hall–Kier alpha value is -2.37. The molecule has 0 radical (unpaired) electrons. The van der Waals surface area contributed by atoms with Crippen molar-refractivity contribution in [1.29, 1.82) is 0 Å². The van der Waals surface area contributed by atoms with Crippen molar-refractivity contribution in [3.63, 3.8) is 0 Å². The van der Waals surface area contributed by atoms with E-state index in [1.54, 1.807) is 0 Å². The molecule has 2 aromatic rings. The summed E-state index contributed by atoms with van der Waals surface area (Å²) in [5, 5.41) is 2.48. The molecule has 1 saturated heterocycles. The Morgan fingerprint density at radius 1 is 0.931 bits per heavy atom. The monoisotopic (exact) mass is 444 g/mol. The number of carbonyl (C=O) groups excluding carboxylic acids is 1. The summed E-state index contributed by atoms with van der Waals surface area (Å²) in [7, 11) is -8.40. The summed E-state index contributed by atoms with van der Waals surface area (Å²) in [6.45, 7) is 0.874. The molecule has 29 heavy (non-hydrogen) atoms. The number of nitrogens with zero attached hydrogens (tertiary/aromatic N) is 1. The van der Waals surface area contributed by atoms with E-state index < -0.39 is 36.4 Å². The van der Waals surface area contributed by atoms with Crippen LogP contribution in [-0.2, 0) is 19.9 Å². The molecule has 0 bridgehead atoms. The molecule has 0 atom stereocenters. The average Bonchev–Trinajstić information content (AvgIpc) is 3.24. The molecule has 2 aromatic carbocycles. The smallest absolute Gasteiger partial charge is 0.322 e. The van der Waals surface area contributed by atoms with Crippen molar-refractivity contribution in [2.24, 2.45) is 0 Å². The van der Waals surface area contributed by atoms with Gasteiger partial charge >= 0.3 is 5.76 Å². The molecule has 156 valence electrons. The van der Waals surface area contributed by atoms with Crippen LogP contribution in [0.2, 0.25) is 0 Å². The van der Waals surface area contributed by atoms with Gasteiger partial charge in [-0.2, -0.15) is 13.1 Å². The highest BCUT2D eigenvalue weighted by atomic mass is 32.2. The predicted molar refractivity (Wildman–Crippen MR) is 102 cm³/mol. The first-order valence-electron chi connectivity index (χ1n) is 8.66. The van der Waals surface area contributed by atoms with E-state index in [4.69, 9.17) is 0 Å². The molecule has 0 aromatic heterocycles. The number of anilines is 1. The fraction of sp³-hybridized carbons (Fsp3) is 0.278. The van der Waals surface area contributed by atoms with Gasteiger partial charge in [-0.1, -0.05) is 6.07 Å². The maximum Gasteiger partial charge on any atom is 0.341 e. The lowest BCUT2D eigenvalue weighted by molar-refractivity contribution is 0.102. The molecule has 1 aliphatic rings. The summed E-state index contributed by atoms with van der Waals surface area (Å²) in [5.74, 6) is -4.16. The zero-order chi connectivity index (χ0) is 21.2. The number of benzene rings is 2. The normalized spacial score (nSPS) is 15.6. The Morgan fingerprint density at radius 3 is 2.14 bits per heavy atom. The zero-order valence-corrected chi connectivity index (χ0v) is 16.7. The van der Waals surface area contributed by atoms with Crippen LogP contribution >= 0.6 is 0 Å². The highest BCUT2D eigenvalue weighted by molar-refractivity contribution is 7.91. The fourth-order valence-corrected chi connectivity index (χ4v) is 5.19. The minimum atomic E-state index is -4.72. The Kier molecular flexibility index (Phi) is 6.01. The number of sulfonamides is 1. The fourth-order valence-electron chi connectivity index (χ4n) is 2.91. The lowest BCUT2D eigenvalue weighted by atomic mass is 10.2. The molecule has 3 rings (SSSR count). The van der Waals surface area contributed by atoms with Crippen molar-refractivity contribution in [3.8, 4) is 0 Å². The van der Waals surface area contributed by atoms with Crippen LogP contribution < -0.4 is 5.32 Å². The number of rotatable bonds is 6. The van der Waals surface area contributed by atoms with E-state index in [-0.39, 0.29) is 16.1 Å². The third kappa shape index (κ3) is 4.46. The van der Waals surface area contributed by atoms with Crippen molar-refractivity contribution >= 4 is 31.5 Å². The minimum absolute atomic E-state index is 0.00502. The van der Waals surface area contributed by atoms with Gasteiger partial charge in [-0.3, -0.25) is 4.79 Å². The molecular weight excluding hydrogens is 426 g/mol. The molecular formula is C18H18F2N2O5S2. The van der Waals surface area contributed by atoms with Crippen LogP contribution in [0.15, 0.2) is 58.3 Å². The molecule has 11 heteroatoms.